The number of likely N-dealkylation sites (tertiary alicyclic amines) is 1. The quantitative estimate of drug-likeness (QED) is 0.830. The Morgan fingerprint density at radius 3 is 3.00 bits per heavy atom. The Morgan fingerprint density at radius 1 is 1.32 bits per heavy atom. The Balaban J connectivity index is 1.26. The van der Waals surface area contributed by atoms with Gasteiger partial charge in [0.05, 0.1) is 17.2 Å². The van der Waals surface area contributed by atoms with Crippen LogP contribution < -0.4 is 5.32 Å². The summed E-state index contributed by atoms with van der Waals surface area (Å²) >= 11 is 0. The van der Waals surface area contributed by atoms with E-state index in [0.29, 0.717) is 6.54 Å². The zero-order valence-electron chi connectivity index (χ0n) is 16.5. The van der Waals surface area contributed by atoms with Crippen LogP contribution in [0.15, 0.2) is 36.5 Å². The van der Waals surface area contributed by atoms with Crippen LogP contribution in [-0.4, -0.2) is 60.8 Å². The number of hydrogen-bond acceptors (Lipinski definition) is 5. The van der Waals surface area contributed by atoms with E-state index in [1.165, 1.54) is 18.1 Å². The van der Waals surface area contributed by atoms with Crippen LogP contribution in [0.3, 0.4) is 0 Å². The van der Waals surface area contributed by atoms with Gasteiger partial charge < -0.3 is 14.8 Å². The van der Waals surface area contributed by atoms with Gasteiger partial charge in [-0.25, -0.2) is 0 Å². The number of carbonyl (C=O) groups excluding carboxylic acids is 1. The molecule has 2 aliphatic rings. The first kappa shape index (κ1) is 19.3. The van der Waals surface area contributed by atoms with E-state index in [0.717, 1.165) is 50.8 Å². The molecule has 0 aliphatic carbocycles. The van der Waals surface area contributed by atoms with Gasteiger partial charge in [-0.05, 0) is 43.4 Å². The Morgan fingerprint density at radius 2 is 2.18 bits per heavy atom. The second kappa shape index (κ2) is 8.55. The number of hydrogen-bond donors (Lipinski definition) is 1. The van der Waals surface area contributed by atoms with Gasteiger partial charge in [0.1, 0.15) is 6.61 Å². The van der Waals surface area contributed by atoms with Crippen LogP contribution in [0.2, 0.25) is 0 Å². The van der Waals surface area contributed by atoms with Crippen molar-refractivity contribution in [2.45, 2.75) is 43.9 Å². The second-order valence-electron chi connectivity index (χ2n) is 8.01. The Bertz CT molecular complexity index is 818. The monoisotopic (exact) mass is 383 g/mol. The molecule has 0 radical (unpaired) electrons. The predicted molar refractivity (Wildman–Crippen MR) is 108 cm³/mol. The number of rotatable bonds is 6. The number of methoxy groups -OCH3 is 1. The average molecular weight is 383 g/mol. The highest BCUT2D eigenvalue weighted by molar-refractivity contribution is 5.78. The maximum Gasteiger partial charge on any atom is 0.246 e. The first-order valence-corrected chi connectivity index (χ1v) is 10.2. The summed E-state index contributed by atoms with van der Waals surface area (Å²) in [6, 6.07) is 10.6. The first-order chi connectivity index (χ1) is 13.7. The number of pyridine rings is 1. The highest BCUT2D eigenvalue weighted by Crippen LogP contribution is 2.39. The lowest BCUT2D eigenvalue weighted by Gasteiger charge is -2.39. The number of carbonyl (C=O) groups is 1. The van der Waals surface area contributed by atoms with Gasteiger partial charge in [0.25, 0.3) is 0 Å². The molecule has 2 saturated heterocycles. The highest BCUT2D eigenvalue weighted by atomic mass is 16.5. The van der Waals surface area contributed by atoms with Gasteiger partial charge in [0.2, 0.25) is 5.91 Å². The van der Waals surface area contributed by atoms with E-state index in [9.17, 15) is 4.79 Å². The van der Waals surface area contributed by atoms with Gasteiger partial charge in [0, 0.05) is 44.9 Å². The fourth-order valence-electron chi connectivity index (χ4n) is 4.40. The molecule has 0 bridgehead atoms. The number of nitrogens with zero attached hydrogens (tertiary/aromatic N) is 2. The molecule has 4 rings (SSSR count). The van der Waals surface area contributed by atoms with Crippen molar-refractivity contribution >= 4 is 16.8 Å². The van der Waals surface area contributed by atoms with E-state index in [1.807, 2.05) is 12.3 Å². The maximum absolute atomic E-state index is 11.6. The lowest BCUT2D eigenvalue weighted by atomic mass is 9.88. The Hall–Kier alpha value is -2.02. The van der Waals surface area contributed by atoms with Crippen molar-refractivity contribution < 1.29 is 14.3 Å². The number of aromatic nitrogens is 1. The van der Waals surface area contributed by atoms with Crippen molar-refractivity contribution in [1.29, 1.82) is 0 Å². The number of benzene rings is 1. The van der Waals surface area contributed by atoms with Gasteiger partial charge in [0.15, 0.2) is 0 Å². The molecule has 2 fully saturated rings. The fourth-order valence-corrected chi connectivity index (χ4v) is 4.40. The lowest BCUT2D eigenvalue weighted by molar-refractivity contribution is -0.126. The van der Waals surface area contributed by atoms with E-state index in [-0.39, 0.29) is 24.2 Å². The van der Waals surface area contributed by atoms with Crippen molar-refractivity contribution in [3.8, 4) is 0 Å². The van der Waals surface area contributed by atoms with Crippen LogP contribution in [0.5, 0.6) is 0 Å². The minimum Gasteiger partial charge on any atom is -0.375 e. The van der Waals surface area contributed by atoms with Crippen molar-refractivity contribution in [1.82, 2.24) is 15.2 Å². The highest BCUT2D eigenvalue weighted by Gasteiger charge is 2.42. The molecule has 1 atom stereocenters. The van der Waals surface area contributed by atoms with Crippen molar-refractivity contribution in [3.05, 3.63) is 42.1 Å². The largest absolute Gasteiger partial charge is 0.375 e. The van der Waals surface area contributed by atoms with Crippen LogP contribution >= 0.6 is 0 Å². The smallest absolute Gasteiger partial charge is 0.246 e. The molecule has 1 amide bonds. The summed E-state index contributed by atoms with van der Waals surface area (Å²) in [4.78, 5) is 18.5. The first-order valence-electron chi connectivity index (χ1n) is 10.2. The number of amides is 1. The molecule has 2 aliphatic heterocycles. The molecular formula is C22H29N3O3. The Labute approximate surface area is 166 Å². The lowest BCUT2D eigenvalue weighted by Crippen LogP contribution is -2.45. The molecule has 0 saturated carbocycles. The molecule has 1 spiro atoms. The molecular weight excluding hydrogens is 354 g/mol. The number of nitrogens with one attached hydrogen (secondary N) is 1. The summed E-state index contributed by atoms with van der Waals surface area (Å²) in [5.41, 5.74) is 2.37. The van der Waals surface area contributed by atoms with Crippen molar-refractivity contribution in [2.75, 3.05) is 33.4 Å². The molecule has 1 aromatic carbocycles. The standard InChI is InChI=1S/C22H29N3O3/c1-27-16-21(26)24-14-19-6-7-22(28-19)8-11-25(12-9-22)15-17-4-5-18-3-2-10-23-20(18)13-17/h2-5,10,13,19H,6-9,11-12,14-16H2,1H3,(H,24,26)/t19-/m0/s1. The van der Waals surface area contributed by atoms with Crippen LogP contribution in [0.1, 0.15) is 31.2 Å². The van der Waals surface area contributed by atoms with Crippen LogP contribution in [-0.2, 0) is 20.8 Å². The molecule has 28 heavy (non-hydrogen) atoms. The van der Waals surface area contributed by atoms with Crippen LogP contribution in [0.25, 0.3) is 10.9 Å². The third kappa shape index (κ3) is 4.51. The third-order valence-electron chi connectivity index (χ3n) is 5.98. The van der Waals surface area contributed by atoms with Gasteiger partial charge in [-0.15, -0.1) is 0 Å². The minimum absolute atomic E-state index is 0.00189. The topological polar surface area (TPSA) is 63.7 Å². The van der Waals surface area contributed by atoms with E-state index in [1.54, 1.807) is 0 Å². The van der Waals surface area contributed by atoms with Crippen LogP contribution in [0, 0.1) is 0 Å². The zero-order valence-corrected chi connectivity index (χ0v) is 16.5. The molecule has 6 nitrogen and oxygen atoms in total. The third-order valence-corrected chi connectivity index (χ3v) is 5.98. The molecule has 3 heterocycles. The molecule has 150 valence electrons. The summed E-state index contributed by atoms with van der Waals surface area (Å²) in [5, 5.41) is 4.09. The van der Waals surface area contributed by atoms with Crippen molar-refractivity contribution in [2.24, 2.45) is 0 Å². The van der Waals surface area contributed by atoms with Gasteiger partial charge in [-0.1, -0.05) is 18.2 Å². The number of fused-ring (bicyclic) bond motifs is 1. The van der Waals surface area contributed by atoms with Crippen LogP contribution in [0.4, 0.5) is 0 Å². The zero-order chi connectivity index (χ0) is 19.4. The fraction of sp³-hybridized carbons (Fsp3) is 0.545. The van der Waals surface area contributed by atoms with E-state index >= 15 is 0 Å². The number of piperidine rings is 1. The SMILES string of the molecule is COCC(=O)NC[C@@H]1CCC2(CCN(Cc3ccc4cccnc4c3)CC2)O1. The van der Waals surface area contributed by atoms with Gasteiger partial charge >= 0.3 is 0 Å². The van der Waals surface area contributed by atoms with E-state index in [2.05, 4.69) is 39.5 Å². The molecule has 1 N–H and O–H groups in total. The van der Waals surface area contributed by atoms with Gasteiger partial charge in [-0.3, -0.25) is 14.7 Å². The normalized spacial score (nSPS) is 22.0. The summed E-state index contributed by atoms with van der Waals surface area (Å²) in [7, 11) is 1.53. The summed E-state index contributed by atoms with van der Waals surface area (Å²) in [6.45, 7) is 3.74. The summed E-state index contributed by atoms with van der Waals surface area (Å²) < 4.78 is 11.2. The molecule has 1 aromatic heterocycles. The van der Waals surface area contributed by atoms with E-state index < -0.39 is 0 Å². The average Bonchev–Trinajstić information content (AvgIpc) is 3.11. The Kier molecular flexibility index (Phi) is 5.90. The second-order valence-corrected chi connectivity index (χ2v) is 8.01. The maximum atomic E-state index is 11.6. The summed E-state index contributed by atoms with van der Waals surface area (Å²) in [5.74, 6) is -0.0771. The van der Waals surface area contributed by atoms with E-state index in [4.69, 9.17) is 9.47 Å². The van der Waals surface area contributed by atoms with Gasteiger partial charge in [-0.2, -0.15) is 0 Å². The minimum atomic E-state index is -0.0771. The van der Waals surface area contributed by atoms with Crippen molar-refractivity contribution in [3.63, 3.8) is 0 Å². The molecule has 2 aromatic rings. The summed E-state index contributed by atoms with van der Waals surface area (Å²) in [6.07, 6.45) is 6.19. The molecule has 6 heteroatoms. The number of ether oxygens (including phenoxy) is 2. The molecule has 0 unspecified atom stereocenters. The predicted octanol–water partition coefficient (Wildman–Crippen LogP) is 2.51.